The van der Waals surface area contributed by atoms with Gasteiger partial charge < -0.3 is 14.2 Å². The van der Waals surface area contributed by atoms with Gasteiger partial charge in [-0.05, 0) is 19.8 Å². The van der Waals surface area contributed by atoms with Crippen LogP contribution in [-0.4, -0.2) is 35.0 Å². The van der Waals surface area contributed by atoms with Crippen LogP contribution in [0.1, 0.15) is 24.6 Å². The van der Waals surface area contributed by atoms with Crippen LogP contribution in [0.15, 0.2) is 15.8 Å². The monoisotopic (exact) mass is 296 g/mol. The predicted octanol–water partition coefficient (Wildman–Crippen LogP) is -0.330. The van der Waals surface area contributed by atoms with Gasteiger partial charge in [-0.25, -0.2) is 4.79 Å². The molecule has 1 aliphatic heterocycles. The smallest absolute Gasteiger partial charge is 0.330 e. The Hall–Kier alpha value is -1.93. The number of nitrogens with one attached hydrogen (secondary N) is 1. The fourth-order valence-corrected chi connectivity index (χ4v) is 2.06. The lowest BCUT2D eigenvalue weighted by atomic mass is 10.4. The molecule has 2 heterocycles. The number of rotatable bonds is 4. The minimum Gasteiger partial charge on any atom is -0.460 e. The fraction of sp³-hybridized carbons (Fsp3) is 0.615. The third-order valence-electron chi connectivity index (χ3n) is 3.46. The first-order valence-corrected chi connectivity index (χ1v) is 6.80. The first-order chi connectivity index (χ1) is 10.0. The Morgan fingerprint density at radius 3 is 2.95 bits per heavy atom. The van der Waals surface area contributed by atoms with Gasteiger partial charge in [0.05, 0.1) is 12.5 Å². The van der Waals surface area contributed by atoms with E-state index >= 15 is 0 Å². The number of aromatic amines is 1. The number of carbonyl (C=O) groups is 1. The molecule has 1 N–H and O–H groups in total. The van der Waals surface area contributed by atoms with Crippen molar-refractivity contribution in [3.63, 3.8) is 0 Å². The molecule has 114 valence electrons. The molecule has 0 amide bonds. The van der Waals surface area contributed by atoms with Crippen LogP contribution >= 0.6 is 0 Å². The third-order valence-corrected chi connectivity index (χ3v) is 3.46. The molecule has 1 aliphatic carbocycles. The van der Waals surface area contributed by atoms with Crippen LogP contribution in [-0.2, 0) is 19.0 Å². The molecule has 2 aliphatic rings. The van der Waals surface area contributed by atoms with Gasteiger partial charge in [0.1, 0.15) is 6.61 Å². The summed E-state index contributed by atoms with van der Waals surface area (Å²) in [6.07, 6.45) is 1.84. The summed E-state index contributed by atoms with van der Waals surface area (Å²) in [4.78, 5) is 36.7. The number of ether oxygens (including phenoxy) is 3. The van der Waals surface area contributed by atoms with Gasteiger partial charge in [-0.1, -0.05) is 0 Å². The zero-order chi connectivity index (χ0) is 15.0. The zero-order valence-corrected chi connectivity index (χ0v) is 11.5. The summed E-state index contributed by atoms with van der Waals surface area (Å²) < 4.78 is 17.2. The SMILES string of the molecule is Cc1cn([C@H]2CO[C@@H](COC(=O)C3CC3)O2)c(=O)[nH]c1=O. The number of hydrogen-bond donors (Lipinski definition) is 1. The minimum absolute atomic E-state index is 0.00290. The van der Waals surface area contributed by atoms with E-state index in [2.05, 4.69) is 4.98 Å². The molecule has 3 rings (SSSR count). The molecule has 2 fully saturated rings. The highest BCUT2D eigenvalue weighted by Gasteiger charge is 2.34. The summed E-state index contributed by atoms with van der Waals surface area (Å²) in [6, 6.07) is 0. The number of aromatic nitrogens is 2. The summed E-state index contributed by atoms with van der Waals surface area (Å²) in [7, 11) is 0. The quantitative estimate of drug-likeness (QED) is 0.764. The van der Waals surface area contributed by atoms with Gasteiger partial charge in [0, 0.05) is 11.8 Å². The molecular formula is C13H16N2O6. The maximum Gasteiger partial charge on any atom is 0.330 e. The minimum atomic E-state index is -0.697. The van der Waals surface area contributed by atoms with Crippen LogP contribution in [0.4, 0.5) is 0 Å². The van der Waals surface area contributed by atoms with Crippen molar-refractivity contribution in [2.24, 2.45) is 5.92 Å². The van der Waals surface area contributed by atoms with Gasteiger partial charge >= 0.3 is 11.7 Å². The summed E-state index contributed by atoms with van der Waals surface area (Å²) in [6.45, 7) is 1.75. The van der Waals surface area contributed by atoms with Crippen LogP contribution in [0.3, 0.4) is 0 Å². The average Bonchev–Trinajstić information content (AvgIpc) is 3.20. The van der Waals surface area contributed by atoms with Crippen molar-refractivity contribution in [2.45, 2.75) is 32.3 Å². The second-order valence-electron chi connectivity index (χ2n) is 5.24. The van der Waals surface area contributed by atoms with Crippen LogP contribution in [0.5, 0.6) is 0 Å². The lowest BCUT2D eigenvalue weighted by Crippen LogP contribution is -2.34. The molecule has 1 aromatic heterocycles. The van der Waals surface area contributed by atoms with Gasteiger partial charge in [0.15, 0.2) is 12.5 Å². The van der Waals surface area contributed by atoms with Crippen molar-refractivity contribution in [3.05, 3.63) is 32.6 Å². The highest BCUT2D eigenvalue weighted by atomic mass is 16.7. The van der Waals surface area contributed by atoms with E-state index in [4.69, 9.17) is 14.2 Å². The number of H-pyrrole nitrogens is 1. The highest BCUT2D eigenvalue weighted by molar-refractivity contribution is 5.74. The number of hydrogen-bond acceptors (Lipinski definition) is 6. The molecule has 0 unspecified atom stereocenters. The Balaban J connectivity index is 1.61. The predicted molar refractivity (Wildman–Crippen MR) is 69.6 cm³/mol. The van der Waals surface area contributed by atoms with E-state index in [0.29, 0.717) is 5.56 Å². The molecule has 0 spiro atoms. The van der Waals surface area contributed by atoms with Gasteiger partial charge in [0.2, 0.25) is 0 Å². The topological polar surface area (TPSA) is 99.6 Å². The van der Waals surface area contributed by atoms with E-state index in [-0.39, 0.29) is 25.1 Å². The van der Waals surface area contributed by atoms with Crippen molar-refractivity contribution >= 4 is 5.97 Å². The number of nitrogens with zero attached hydrogens (tertiary/aromatic N) is 1. The Bertz CT molecular complexity index is 659. The van der Waals surface area contributed by atoms with Crippen molar-refractivity contribution in [1.29, 1.82) is 0 Å². The van der Waals surface area contributed by atoms with Gasteiger partial charge in [-0.3, -0.25) is 19.1 Å². The van der Waals surface area contributed by atoms with Gasteiger partial charge in [0.25, 0.3) is 5.56 Å². The molecule has 1 aromatic rings. The van der Waals surface area contributed by atoms with Crippen molar-refractivity contribution < 1.29 is 19.0 Å². The molecule has 1 saturated carbocycles. The normalized spacial score (nSPS) is 25.0. The summed E-state index contributed by atoms with van der Waals surface area (Å²) in [5.74, 6) is -0.214. The summed E-state index contributed by atoms with van der Waals surface area (Å²) in [5.41, 5.74) is -0.582. The molecule has 1 saturated heterocycles. The lowest BCUT2D eigenvalue weighted by molar-refractivity contribution is -0.160. The van der Waals surface area contributed by atoms with Crippen LogP contribution < -0.4 is 11.2 Å². The molecule has 8 nitrogen and oxygen atoms in total. The molecule has 0 bridgehead atoms. The maximum absolute atomic E-state index is 11.7. The Labute approximate surface area is 119 Å². The van der Waals surface area contributed by atoms with E-state index in [0.717, 1.165) is 12.8 Å². The van der Waals surface area contributed by atoms with Gasteiger partial charge in [-0.15, -0.1) is 0 Å². The van der Waals surface area contributed by atoms with Crippen LogP contribution in [0.25, 0.3) is 0 Å². The van der Waals surface area contributed by atoms with Crippen molar-refractivity contribution in [1.82, 2.24) is 9.55 Å². The highest BCUT2D eigenvalue weighted by Crippen LogP contribution is 2.30. The maximum atomic E-state index is 11.7. The summed E-state index contributed by atoms with van der Waals surface area (Å²) in [5, 5.41) is 0. The van der Waals surface area contributed by atoms with Crippen LogP contribution in [0.2, 0.25) is 0 Å². The van der Waals surface area contributed by atoms with E-state index in [1.165, 1.54) is 10.8 Å². The van der Waals surface area contributed by atoms with Crippen LogP contribution in [0, 0.1) is 12.8 Å². The fourth-order valence-electron chi connectivity index (χ4n) is 2.06. The summed E-state index contributed by atoms with van der Waals surface area (Å²) >= 11 is 0. The molecule has 0 radical (unpaired) electrons. The average molecular weight is 296 g/mol. The molecule has 0 aromatic carbocycles. The van der Waals surface area contributed by atoms with E-state index < -0.39 is 23.8 Å². The number of esters is 1. The Morgan fingerprint density at radius 1 is 1.48 bits per heavy atom. The Morgan fingerprint density at radius 2 is 2.24 bits per heavy atom. The number of aryl methyl sites for hydroxylation is 1. The van der Waals surface area contributed by atoms with E-state index in [1.807, 2.05) is 0 Å². The largest absolute Gasteiger partial charge is 0.460 e. The van der Waals surface area contributed by atoms with E-state index in [9.17, 15) is 14.4 Å². The molecular weight excluding hydrogens is 280 g/mol. The third kappa shape index (κ3) is 3.06. The molecule has 21 heavy (non-hydrogen) atoms. The Kier molecular flexibility index (Phi) is 3.64. The zero-order valence-electron chi connectivity index (χ0n) is 11.5. The van der Waals surface area contributed by atoms with Crippen molar-refractivity contribution in [3.8, 4) is 0 Å². The first kappa shape index (κ1) is 14.0. The number of carbonyl (C=O) groups excluding carboxylic acids is 1. The lowest BCUT2D eigenvalue weighted by Gasteiger charge is -2.13. The second-order valence-corrected chi connectivity index (χ2v) is 5.24. The second kappa shape index (κ2) is 5.45. The first-order valence-electron chi connectivity index (χ1n) is 6.80. The molecule has 2 atom stereocenters. The van der Waals surface area contributed by atoms with Crippen molar-refractivity contribution in [2.75, 3.05) is 13.2 Å². The standard InChI is InChI=1S/C13H16N2O6/c1-7-4-15(13(18)14-11(7)16)9-5-19-10(21-9)6-20-12(17)8-2-3-8/h4,8-10H,2-3,5-6H2,1H3,(H,14,16,18)/t9-,10-/m1/s1. The molecule has 8 heteroatoms. The van der Waals surface area contributed by atoms with Gasteiger partial charge in [-0.2, -0.15) is 0 Å². The van der Waals surface area contributed by atoms with E-state index in [1.54, 1.807) is 6.92 Å².